The summed E-state index contributed by atoms with van der Waals surface area (Å²) in [6.45, 7) is 1.88. The third-order valence-electron chi connectivity index (χ3n) is 4.53. The van der Waals surface area contributed by atoms with Gasteiger partial charge in [0.1, 0.15) is 29.1 Å². The molecule has 0 aliphatic heterocycles. The number of nitrogens with one attached hydrogen (secondary N) is 1. The molecule has 0 saturated carbocycles. The van der Waals surface area contributed by atoms with E-state index in [4.69, 9.17) is 9.15 Å². The SMILES string of the molecule is CNC(=O)c1cc(CN(C)C(=O)c2ccccc2Oc2ccccc2C#N)oc1C. The van der Waals surface area contributed by atoms with Crippen LogP contribution in [-0.4, -0.2) is 30.8 Å². The van der Waals surface area contributed by atoms with E-state index in [1.54, 1.807) is 75.6 Å². The first-order valence-corrected chi connectivity index (χ1v) is 9.27. The predicted octanol–water partition coefficient (Wildman–Crippen LogP) is 3.88. The van der Waals surface area contributed by atoms with Crippen molar-refractivity contribution in [3.8, 4) is 17.6 Å². The average Bonchev–Trinajstić information content (AvgIpc) is 3.13. The number of nitrogens with zero attached hydrogens (tertiary/aromatic N) is 2. The summed E-state index contributed by atoms with van der Waals surface area (Å²) in [5.41, 5.74) is 1.16. The van der Waals surface area contributed by atoms with Crippen LogP contribution >= 0.6 is 0 Å². The van der Waals surface area contributed by atoms with E-state index in [1.807, 2.05) is 0 Å². The van der Waals surface area contributed by atoms with Gasteiger partial charge in [-0.25, -0.2) is 0 Å². The molecule has 152 valence electrons. The number of nitriles is 1. The van der Waals surface area contributed by atoms with Crippen LogP contribution in [0.1, 0.15) is 37.8 Å². The molecule has 0 spiro atoms. The first-order valence-electron chi connectivity index (χ1n) is 9.27. The van der Waals surface area contributed by atoms with Gasteiger partial charge >= 0.3 is 0 Å². The molecule has 1 aromatic heterocycles. The number of aryl methyl sites for hydroxylation is 1. The Hall–Kier alpha value is -4.05. The van der Waals surface area contributed by atoms with Gasteiger partial charge in [-0.1, -0.05) is 24.3 Å². The van der Waals surface area contributed by atoms with Crippen LogP contribution in [0, 0.1) is 18.3 Å². The average molecular weight is 403 g/mol. The highest BCUT2D eigenvalue weighted by molar-refractivity contribution is 5.97. The van der Waals surface area contributed by atoms with Gasteiger partial charge in [-0.2, -0.15) is 5.26 Å². The van der Waals surface area contributed by atoms with Crippen LogP contribution in [0.2, 0.25) is 0 Å². The van der Waals surface area contributed by atoms with Gasteiger partial charge in [-0.15, -0.1) is 0 Å². The summed E-state index contributed by atoms with van der Waals surface area (Å²) in [4.78, 5) is 26.4. The number of hydrogen-bond acceptors (Lipinski definition) is 5. The van der Waals surface area contributed by atoms with E-state index in [9.17, 15) is 14.9 Å². The maximum absolute atomic E-state index is 13.1. The van der Waals surface area contributed by atoms with Crippen LogP contribution in [-0.2, 0) is 6.54 Å². The summed E-state index contributed by atoms with van der Waals surface area (Å²) in [6.07, 6.45) is 0. The Bertz CT molecular complexity index is 1130. The zero-order valence-electron chi connectivity index (χ0n) is 16.9. The van der Waals surface area contributed by atoms with Gasteiger partial charge in [0.15, 0.2) is 0 Å². The molecule has 0 unspecified atom stereocenters. The predicted molar refractivity (Wildman–Crippen MR) is 110 cm³/mol. The van der Waals surface area contributed by atoms with Gasteiger partial charge < -0.3 is 19.4 Å². The molecule has 1 N–H and O–H groups in total. The number of furan rings is 1. The minimum Gasteiger partial charge on any atom is -0.464 e. The number of carbonyl (C=O) groups is 2. The van der Waals surface area contributed by atoms with E-state index in [0.717, 1.165) is 0 Å². The third-order valence-corrected chi connectivity index (χ3v) is 4.53. The molecule has 0 radical (unpaired) electrons. The lowest BCUT2D eigenvalue weighted by Gasteiger charge is -2.18. The highest BCUT2D eigenvalue weighted by Gasteiger charge is 2.20. The Morgan fingerprint density at radius 2 is 1.77 bits per heavy atom. The molecule has 7 heteroatoms. The van der Waals surface area contributed by atoms with E-state index in [0.29, 0.717) is 39.7 Å². The number of ether oxygens (including phenoxy) is 1. The quantitative estimate of drug-likeness (QED) is 0.674. The Kier molecular flexibility index (Phi) is 6.18. The van der Waals surface area contributed by atoms with Crippen molar-refractivity contribution in [2.45, 2.75) is 13.5 Å². The van der Waals surface area contributed by atoms with E-state index in [-0.39, 0.29) is 18.4 Å². The van der Waals surface area contributed by atoms with E-state index < -0.39 is 0 Å². The lowest BCUT2D eigenvalue weighted by Crippen LogP contribution is -2.26. The lowest BCUT2D eigenvalue weighted by molar-refractivity contribution is 0.0772. The van der Waals surface area contributed by atoms with Crippen molar-refractivity contribution in [3.05, 3.63) is 82.8 Å². The molecular formula is C23H21N3O4. The second-order valence-electron chi connectivity index (χ2n) is 6.63. The van der Waals surface area contributed by atoms with Crippen LogP contribution < -0.4 is 10.1 Å². The highest BCUT2D eigenvalue weighted by atomic mass is 16.5. The Labute approximate surface area is 174 Å². The van der Waals surface area contributed by atoms with E-state index in [2.05, 4.69) is 11.4 Å². The normalized spacial score (nSPS) is 10.2. The first-order chi connectivity index (χ1) is 14.4. The van der Waals surface area contributed by atoms with Gasteiger partial charge in [0.25, 0.3) is 11.8 Å². The molecule has 0 aliphatic carbocycles. The Morgan fingerprint density at radius 1 is 1.10 bits per heavy atom. The molecule has 0 saturated heterocycles. The summed E-state index contributed by atoms with van der Waals surface area (Å²) in [6, 6.07) is 17.4. The van der Waals surface area contributed by atoms with Crippen molar-refractivity contribution >= 4 is 11.8 Å². The summed E-state index contributed by atoms with van der Waals surface area (Å²) in [5, 5.41) is 11.8. The smallest absolute Gasteiger partial charge is 0.257 e. The topological polar surface area (TPSA) is 95.6 Å². The minimum atomic E-state index is -0.282. The van der Waals surface area contributed by atoms with Crippen molar-refractivity contribution in [2.75, 3.05) is 14.1 Å². The highest BCUT2D eigenvalue weighted by Crippen LogP contribution is 2.29. The fourth-order valence-electron chi connectivity index (χ4n) is 2.99. The standard InChI is InChI=1S/C23H21N3O4/c1-15-19(22(27)25-2)12-17(29-15)14-26(3)23(28)18-9-5-7-11-21(18)30-20-10-6-4-8-16(20)13-24/h4-12H,14H2,1-3H3,(H,25,27). The molecule has 0 atom stereocenters. The van der Waals surface area contributed by atoms with E-state index >= 15 is 0 Å². The van der Waals surface area contributed by atoms with Gasteiger partial charge in [-0.05, 0) is 37.3 Å². The van der Waals surface area contributed by atoms with Crippen LogP contribution in [0.25, 0.3) is 0 Å². The van der Waals surface area contributed by atoms with Gasteiger partial charge in [-0.3, -0.25) is 9.59 Å². The molecule has 7 nitrogen and oxygen atoms in total. The summed E-state index contributed by atoms with van der Waals surface area (Å²) < 4.78 is 11.5. The van der Waals surface area contributed by atoms with Crippen LogP contribution in [0.4, 0.5) is 0 Å². The fraction of sp³-hybridized carbons (Fsp3) is 0.174. The zero-order valence-corrected chi connectivity index (χ0v) is 16.9. The van der Waals surface area contributed by atoms with Crippen LogP contribution in [0.15, 0.2) is 59.0 Å². The summed E-state index contributed by atoms with van der Waals surface area (Å²) in [7, 11) is 3.19. The maximum atomic E-state index is 13.1. The molecule has 1 heterocycles. The summed E-state index contributed by atoms with van der Waals surface area (Å²) in [5.74, 6) is 1.18. The largest absolute Gasteiger partial charge is 0.464 e. The number of carbonyl (C=O) groups excluding carboxylic acids is 2. The maximum Gasteiger partial charge on any atom is 0.257 e. The Balaban J connectivity index is 1.82. The van der Waals surface area contributed by atoms with Crippen molar-refractivity contribution in [2.24, 2.45) is 0 Å². The molecule has 0 bridgehead atoms. The number of amides is 2. The van der Waals surface area contributed by atoms with Crippen molar-refractivity contribution in [3.63, 3.8) is 0 Å². The third kappa shape index (κ3) is 4.33. The van der Waals surface area contributed by atoms with Gasteiger partial charge in [0, 0.05) is 14.1 Å². The molecule has 30 heavy (non-hydrogen) atoms. The van der Waals surface area contributed by atoms with Crippen molar-refractivity contribution < 1.29 is 18.7 Å². The number of rotatable bonds is 6. The zero-order chi connectivity index (χ0) is 21.7. The van der Waals surface area contributed by atoms with Gasteiger partial charge in [0.05, 0.1) is 23.2 Å². The molecule has 3 rings (SSSR count). The minimum absolute atomic E-state index is 0.180. The fourth-order valence-corrected chi connectivity index (χ4v) is 2.99. The van der Waals surface area contributed by atoms with Crippen molar-refractivity contribution in [1.82, 2.24) is 10.2 Å². The molecule has 2 aromatic carbocycles. The number of para-hydroxylation sites is 2. The monoisotopic (exact) mass is 403 g/mol. The second kappa shape index (κ2) is 8.97. The Morgan fingerprint density at radius 3 is 2.47 bits per heavy atom. The molecular weight excluding hydrogens is 382 g/mol. The second-order valence-corrected chi connectivity index (χ2v) is 6.63. The first kappa shape index (κ1) is 20.7. The van der Waals surface area contributed by atoms with Crippen molar-refractivity contribution in [1.29, 1.82) is 5.26 Å². The molecule has 3 aromatic rings. The molecule has 2 amide bonds. The van der Waals surface area contributed by atoms with Crippen LogP contribution in [0.5, 0.6) is 11.5 Å². The molecule has 0 fully saturated rings. The number of benzene rings is 2. The van der Waals surface area contributed by atoms with Crippen LogP contribution in [0.3, 0.4) is 0 Å². The van der Waals surface area contributed by atoms with E-state index in [1.165, 1.54) is 4.90 Å². The molecule has 0 aliphatic rings. The van der Waals surface area contributed by atoms with Gasteiger partial charge in [0.2, 0.25) is 0 Å². The number of hydrogen-bond donors (Lipinski definition) is 1. The summed E-state index contributed by atoms with van der Waals surface area (Å²) >= 11 is 0. The lowest BCUT2D eigenvalue weighted by atomic mass is 10.1.